The Morgan fingerprint density at radius 3 is 2.52 bits per heavy atom. The molecule has 0 aliphatic carbocycles. The Morgan fingerprint density at radius 1 is 1.26 bits per heavy atom. The van der Waals surface area contributed by atoms with Crippen LogP contribution in [0.5, 0.6) is 11.5 Å². The fraction of sp³-hybridized carbons (Fsp3) is 0.211. The number of phenolic OH excluding ortho intramolecular Hbond substituents is 1. The Morgan fingerprint density at radius 2 is 1.96 bits per heavy atom. The number of ketones is 1. The molecule has 2 rings (SSSR count). The van der Waals surface area contributed by atoms with Crippen molar-refractivity contribution in [2.75, 3.05) is 19.5 Å². The van der Waals surface area contributed by atoms with E-state index in [1.807, 2.05) is 32.2 Å². The third kappa shape index (κ3) is 3.92. The number of carbonyl (C=O) groups is 1. The zero-order chi connectivity index (χ0) is 16.8. The summed E-state index contributed by atoms with van der Waals surface area (Å²) in [4.78, 5) is 12.2. The van der Waals surface area contributed by atoms with Gasteiger partial charge in [0.25, 0.3) is 0 Å². The van der Waals surface area contributed by atoms with Crippen molar-refractivity contribution in [1.82, 2.24) is 0 Å². The number of allylic oxidation sites excluding steroid dienone is 1. The second kappa shape index (κ2) is 7.49. The van der Waals surface area contributed by atoms with Crippen LogP contribution in [0.25, 0.3) is 6.08 Å². The lowest BCUT2D eigenvalue weighted by Crippen LogP contribution is -1.96. The minimum atomic E-state index is -0.0826. The van der Waals surface area contributed by atoms with Crippen molar-refractivity contribution in [3.63, 3.8) is 0 Å². The molecule has 0 spiro atoms. The number of aryl methyl sites for hydroxylation is 1. The van der Waals surface area contributed by atoms with Crippen molar-refractivity contribution in [3.8, 4) is 11.5 Å². The number of aromatic hydroxyl groups is 1. The van der Waals surface area contributed by atoms with Crippen molar-refractivity contribution in [3.05, 3.63) is 59.2 Å². The highest BCUT2D eigenvalue weighted by atomic mass is 16.5. The Labute approximate surface area is 136 Å². The zero-order valence-corrected chi connectivity index (χ0v) is 13.6. The molecule has 0 aliphatic heterocycles. The summed E-state index contributed by atoms with van der Waals surface area (Å²) < 4.78 is 5.26. The summed E-state index contributed by atoms with van der Waals surface area (Å²) in [6.45, 7) is 1.96. The molecule has 0 amide bonds. The lowest BCUT2D eigenvalue weighted by molar-refractivity contribution is 0.104. The van der Waals surface area contributed by atoms with Crippen LogP contribution in [0.3, 0.4) is 0 Å². The second-order valence-corrected chi connectivity index (χ2v) is 5.10. The quantitative estimate of drug-likeness (QED) is 0.627. The molecule has 2 N–H and O–H groups in total. The van der Waals surface area contributed by atoms with E-state index in [0.29, 0.717) is 17.7 Å². The van der Waals surface area contributed by atoms with Crippen LogP contribution in [0.4, 0.5) is 5.69 Å². The van der Waals surface area contributed by atoms with E-state index in [0.717, 1.165) is 16.8 Å². The number of phenols is 1. The monoisotopic (exact) mass is 311 g/mol. The van der Waals surface area contributed by atoms with Gasteiger partial charge in [0.2, 0.25) is 0 Å². The Bertz CT molecular complexity index is 718. The third-order valence-corrected chi connectivity index (χ3v) is 3.68. The average Bonchev–Trinajstić information content (AvgIpc) is 2.60. The molecule has 4 nitrogen and oxygen atoms in total. The van der Waals surface area contributed by atoms with Crippen molar-refractivity contribution in [2.45, 2.75) is 13.3 Å². The van der Waals surface area contributed by atoms with E-state index in [9.17, 15) is 9.90 Å². The first-order valence-electron chi connectivity index (χ1n) is 7.49. The van der Waals surface area contributed by atoms with E-state index in [-0.39, 0.29) is 11.5 Å². The van der Waals surface area contributed by atoms with Crippen LogP contribution in [-0.2, 0) is 6.42 Å². The van der Waals surface area contributed by atoms with E-state index in [1.165, 1.54) is 13.2 Å². The lowest BCUT2D eigenvalue weighted by Gasteiger charge is -2.09. The molecule has 4 heteroatoms. The predicted octanol–water partition coefficient (Wildman–Crippen LogP) is 3.90. The Kier molecular flexibility index (Phi) is 5.41. The summed E-state index contributed by atoms with van der Waals surface area (Å²) in [6.07, 6.45) is 3.94. The molecule has 0 radical (unpaired) electrons. The first kappa shape index (κ1) is 16.6. The second-order valence-electron chi connectivity index (χ2n) is 5.10. The molecule has 0 atom stereocenters. The van der Waals surface area contributed by atoms with Crippen LogP contribution in [0.15, 0.2) is 42.5 Å². The standard InChI is InChI=1S/C19H21NO3/c1-4-13-11-15(19(23-3)12-18(13)22)7-10-17(21)14-5-8-16(20-2)9-6-14/h5-12,20,22H,4H2,1-3H3/b10-7+. The Balaban J connectivity index is 2.26. The molecule has 0 bridgehead atoms. The van der Waals surface area contributed by atoms with Crippen LogP contribution in [0.1, 0.15) is 28.4 Å². The van der Waals surface area contributed by atoms with Gasteiger partial charge in [0.05, 0.1) is 7.11 Å². The molecule has 0 aromatic heterocycles. The highest BCUT2D eigenvalue weighted by Crippen LogP contribution is 2.29. The molecule has 0 fully saturated rings. The van der Waals surface area contributed by atoms with E-state index in [4.69, 9.17) is 4.74 Å². The number of carbonyl (C=O) groups excluding carboxylic acids is 1. The van der Waals surface area contributed by atoms with Gasteiger partial charge in [-0.05, 0) is 54.5 Å². The molecule has 120 valence electrons. The number of ether oxygens (including phenoxy) is 1. The maximum absolute atomic E-state index is 12.2. The van der Waals surface area contributed by atoms with Crippen LogP contribution in [0.2, 0.25) is 0 Å². The van der Waals surface area contributed by atoms with E-state index < -0.39 is 0 Å². The molecule has 0 unspecified atom stereocenters. The normalized spacial score (nSPS) is 10.7. The minimum Gasteiger partial charge on any atom is -0.508 e. The summed E-state index contributed by atoms with van der Waals surface area (Å²) in [6, 6.07) is 10.7. The van der Waals surface area contributed by atoms with Gasteiger partial charge in [-0.3, -0.25) is 4.79 Å². The topological polar surface area (TPSA) is 58.6 Å². The number of rotatable bonds is 6. The first-order valence-corrected chi connectivity index (χ1v) is 7.49. The summed E-state index contributed by atoms with van der Waals surface area (Å²) in [5.74, 6) is 0.658. The van der Waals surface area contributed by atoms with Gasteiger partial charge in [0, 0.05) is 29.9 Å². The number of nitrogens with one attached hydrogen (secondary N) is 1. The van der Waals surface area contributed by atoms with Gasteiger partial charge in [0.1, 0.15) is 11.5 Å². The van der Waals surface area contributed by atoms with Crippen LogP contribution < -0.4 is 10.1 Å². The molecule has 0 saturated heterocycles. The van der Waals surface area contributed by atoms with Crippen molar-refractivity contribution in [1.29, 1.82) is 0 Å². The summed E-state index contributed by atoms with van der Waals surface area (Å²) in [7, 11) is 3.37. The Hall–Kier alpha value is -2.75. The van der Waals surface area contributed by atoms with Gasteiger partial charge >= 0.3 is 0 Å². The highest BCUT2D eigenvalue weighted by molar-refractivity contribution is 6.07. The summed E-state index contributed by atoms with van der Waals surface area (Å²) in [5, 5.41) is 12.9. The number of anilines is 1. The lowest BCUT2D eigenvalue weighted by atomic mass is 10.0. The first-order chi connectivity index (χ1) is 11.1. The molecule has 0 heterocycles. The van der Waals surface area contributed by atoms with E-state index in [1.54, 1.807) is 24.3 Å². The molecule has 2 aromatic rings. The van der Waals surface area contributed by atoms with Crippen molar-refractivity contribution < 1.29 is 14.6 Å². The molecular formula is C19H21NO3. The van der Waals surface area contributed by atoms with Gasteiger partial charge in [-0.2, -0.15) is 0 Å². The number of hydrogen-bond acceptors (Lipinski definition) is 4. The predicted molar refractivity (Wildman–Crippen MR) is 93.4 cm³/mol. The van der Waals surface area contributed by atoms with Gasteiger partial charge < -0.3 is 15.2 Å². The van der Waals surface area contributed by atoms with Gasteiger partial charge in [0.15, 0.2) is 5.78 Å². The maximum Gasteiger partial charge on any atom is 0.185 e. The number of benzene rings is 2. The van der Waals surface area contributed by atoms with E-state index in [2.05, 4.69) is 5.32 Å². The highest BCUT2D eigenvalue weighted by Gasteiger charge is 2.08. The number of methoxy groups -OCH3 is 1. The SMILES string of the molecule is CCc1cc(/C=C/C(=O)c2ccc(NC)cc2)c(OC)cc1O. The molecule has 2 aromatic carbocycles. The smallest absolute Gasteiger partial charge is 0.185 e. The van der Waals surface area contributed by atoms with E-state index >= 15 is 0 Å². The molecule has 0 saturated carbocycles. The van der Waals surface area contributed by atoms with Crippen molar-refractivity contribution in [2.24, 2.45) is 0 Å². The minimum absolute atomic E-state index is 0.0826. The van der Waals surface area contributed by atoms with Crippen LogP contribution >= 0.6 is 0 Å². The van der Waals surface area contributed by atoms with Crippen LogP contribution in [0, 0.1) is 0 Å². The summed E-state index contributed by atoms with van der Waals surface area (Å²) in [5.41, 5.74) is 3.16. The largest absolute Gasteiger partial charge is 0.508 e. The third-order valence-electron chi connectivity index (χ3n) is 3.68. The average molecular weight is 311 g/mol. The molecular weight excluding hydrogens is 290 g/mol. The fourth-order valence-electron chi connectivity index (χ4n) is 2.29. The maximum atomic E-state index is 12.2. The van der Waals surface area contributed by atoms with Gasteiger partial charge in [-0.25, -0.2) is 0 Å². The van der Waals surface area contributed by atoms with Crippen LogP contribution in [-0.4, -0.2) is 25.0 Å². The molecule has 0 aliphatic rings. The number of hydrogen-bond donors (Lipinski definition) is 2. The fourth-order valence-corrected chi connectivity index (χ4v) is 2.29. The molecule has 23 heavy (non-hydrogen) atoms. The van der Waals surface area contributed by atoms with Crippen molar-refractivity contribution >= 4 is 17.5 Å². The summed E-state index contributed by atoms with van der Waals surface area (Å²) >= 11 is 0. The zero-order valence-electron chi connectivity index (χ0n) is 13.6. The van der Waals surface area contributed by atoms with Gasteiger partial charge in [-0.1, -0.05) is 6.92 Å². The van der Waals surface area contributed by atoms with Gasteiger partial charge in [-0.15, -0.1) is 0 Å².